The van der Waals surface area contributed by atoms with Crippen molar-refractivity contribution in [2.45, 2.75) is 5.66 Å². The molecule has 1 aliphatic rings. The van der Waals surface area contributed by atoms with Crippen LogP contribution < -0.4 is 0 Å². The first-order chi connectivity index (χ1) is 4.34. The summed E-state index contributed by atoms with van der Waals surface area (Å²) in [4.78, 5) is 0. The van der Waals surface area contributed by atoms with E-state index in [-0.39, 0.29) is 14.1 Å². The smallest absolute Gasteiger partial charge is 0.167 e. The molecule has 46 valence electrons. The topological polar surface area (TPSA) is 17.1 Å². The second-order valence-corrected chi connectivity index (χ2v) is 2.64. The lowest BCUT2D eigenvalue weighted by atomic mass is 10.1. The lowest BCUT2D eigenvalue weighted by molar-refractivity contribution is 0.597. The van der Waals surface area contributed by atoms with E-state index in [0.717, 1.165) is 5.57 Å². The molecule has 0 heterocycles. The summed E-state index contributed by atoms with van der Waals surface area (Å²) in [5, 5.41) is 0. The Morgan fingerprint density at radius 2 is 2.33 bits per heavy atom. The maximum absolute atomic E-state index is 10.3. The van der Waals surface area contributed by atoms with Gasteiger partial charge in [-0.3, -0.25) is 4.57 Å². The van der Waals surface area contributed by atoms with Crippen LogP contribution in [0.15, 0.2) is 36.5 Å². The van der Waals surface area contributed by atoms with E-state index < -0.39 is 0 Å². The van der Waals surface area contributed by atoms with Crippen LogP contribution in [0.1, 0.15) is 0 Å². The molecule has 0 aromatic heterocycles. The molecule has 0 spiro atoms. The van der Waals surface area contributed by atoms with Gasteiger partial charge in [0.15, 0.2) is 8.46 Å². The number of hydrogen-bond donors (Lipinski definition) is 0. The highest BCUT2D eigenvalue weighted by molar-refractivity contribution is 7.25. The molecule has 1 aliphatic carbocycles. The van der Waals surface area contributed by atoms with E-state index in [1.54, 1.807) is 0 Å². The lowest BCUT2D eigenvalue weighted by Gasteiger charge is -2.04. The Balaban J connectivity index is 2.77. The number of hydrogen-bond acceptors (Lipinski definition) is 1. The largest absolute Gasteiger partial charge is 0.274 e. The average Bonchev–Trinajstić information content (AvgIpc) is 1.89. The third-order valence-electron chi connectivity index (χ3n) is 1.21. The minimum Gasteiger partial charge on any atom is -0.274 e. The minimum absolute atomic E-state index is 0.00926. The van der Waals surface area contributed by atoms with E-state index in [1.165, 1.54) is 0 Å². The van der Waals surface area contributed by atoms with Gasteiger partial charge in [-0.1, -0.05) is 30.9 Å². The molecule has 2 heteroatoms. The Bertz CT molecular complexity index is 191. The minimum atomic E-state index is 0.00926. The third-order valence-corrected chi connectivity index (χ3v) is 1.94. The molecule has 9 heavy (non-hydrogen) atoms. The van der Waals surface area contributed by atoms with Gasteiger partial charge in [-0.2, -0.15) is 0 Å². The average molecular weight is 138 g/mol. The van der Waals surface area contributed by atoms with E-state index in [0.29, 0.717) is 0 Å². The molecule has 0 bridgehead atoms. The molecule has 0 saturated heterocycles. The van der Waals surface area contributed by atoms with Crippen LogP contribution in [0.5, 0.6) is 0 Å². The summed E-state index contributed by atoms with van der Waals surface area (Å²) in [6.07, 6.45) is 7.51. The van der Waals surface area contributed by atoms with Gasteiger partial charge in [0.2, 0.25) is 0 Å². The molecule has 0 N–H and O–H groups in total. The highest BCUT2D eigenvalue weighted by Crippen LogP contribution is 2.20. The highest BCUT2D eigenvalue weighted by Gasteiger charge is 2.06. The van der Waals surface area contributed by atoms with Crippen molar-refractivity contribution in [2.75, 3.05) is 0 Å². The van der Waals surface area contributed by atoms with E-state index in [9.17, 15) is 4.57 Å². The summed E-state index contributed by atoms with van der Waals surface area (Å²) in [7, 11) is 0.133. The van der Waals surface area contributed by atoms with Gasteiger partial charge in [-0.05, 0) is 5.57 Å². The summed E-state index contributed by atoms with van der Waals surface area (Å²) in [6, 6.07) is 0. The van der Waals surface area contributed by atoms with Crippen molar-refractivity contribution in [3.8, 4) is 0 Å². The predicted octanol–water partition coefficient (Wildman–Crippen LogP) is 2.33. The Morgan fingerprint density at radius 1 is 1.56 bits per heavy atom. The van der Waals surface area contributed by atoms with Crippen molar-refractivity contribution in [2.24, 2.45) is 0 Å². The summed E-state index contributed by atoms with van der Waals surface area (Å²) in [6.45, 7) is 3.72. The number of rotatable bonds is 1. The molecule has 0 aromatic rings. The summed E-state index contributed by atoms with van der Waals surface area (Å²) in [5.41, 5.74) is 0.921. The number of allylic oxidation sites excluding steroid dienone is 5. The van der Waals surface area contributed by atoms with Crippen LogP contribution in [0.25, 0.3) is 0 Å². The van der Waals surface area contributed by atoms with Crippen molar-refractivity contribution in [3.63, 3.8) is 0 Å². The van der Waals surface area contributed by atoms with Gasteiger partial charge in [-0.25, -0.2) is 0 Å². The quantitative estimate of drug-likeness (QED) is 0.508. The van der Waals surface area contributed by atoms with Gasteiger partial charge in [0, 0.05) is 0 Å². The molecule has 0 aromatic carbocycles. The molecule has 1 rings (SSSR count). The zero-order valence-electron chi connectivity index (χ0n) is 4.95. The molecule has 0 amide bonds. The van der Waals surface area contributed by atoms with Crippen LogP contribution in [0.4, 0.5) is 0 Å². The van der Waals surface area contributed by atoms with Crippen LogP contribution in [-0.4, -0.2) is 5.66 Å². The van der Waals surface area contributed by atoms with Gasteiger partial charge >= 0.3 is 0 Å². The summed E-state index contributed by atoms with van der Waals surface area (Å²) in [5.74, 6) is 0. The second kappa shape index (κ2) is 2.75. The Morgan fingerprint density at radius 3 is 2.78 bits per heavy atom. The van der Waals surface area contributed by atoms with E-state index in [2.05, 4.69) is 6.58 Å². The SMILES string of the molecule is C=C1C=CC=C[C@H]1P=O. The van der Waals surface area contributed by atoms with Crippen LogP contribution in [0.3, 0.4) is 0 Å². The van der Waals surface area contributed by atoms with Crippen LogP contribution >= 0.6 is 8.46 Å². The zero-order valence-corrected chi connectivity index (χ0v) is 5.84. The van der Waals surface area contributed by atoms with Gasteiger partial charge in [0.05, 0.1) is 5.66 Å². The Labute approximate surface area is 56.0 Å². The summed E-state index contributed by atoms with van der Waals surface area (Å²) < 4.78 is 10.3. The van der Waals surface area contributed by atoms with E-state index in [4.69, 9.17) is 0 Å². The zero-order chi connectivity index (χ0) is 6.69. The molecule has 0 unspecified atom stereocenters. The molecule has 0 aliphatic heterocycles. The Hall–Kier alpha value is -0.680. The molecular formula is C7H7OP. The molecule has 1 atom stereocenters. The fourth-order valence-electron chi connectivity index (χ4n) is 0.674. The van der Waals surface area contributed by atoms with Gasteiger partial charge in [-0.15, -0.1) is 0 Å². The van der Waals surface area contributed by atoms with Crippen LogP contribution in [0, 0.1) is 0 Å². The van der Waals surface area contributed by atoms with Gasteiger partial charge in [0.25, 0.3) is 0 Å². The first-order valence-corrected chi connectivity index (χ1v) is 3.59. The van der Waals surface area contributed by atoms with Gasteiger partial charge in [0.1, 0.15) is 0 Å². The van der Waals surface area contributed by atoms with Crippen molar-refractivity contribution >= 4 is 8.46 Å². The molecule has 0 fully saturated rings. The van der Waals surface area contributed by atoms with Crippen molar-refractivity contribution in [1.29, 1.82) is 0 Å². The highest BCUT2D eigenvalue weighted by atomic mass is 31.1. The first kappa shape index (κ1) is 6.44. The first-order valence-electron chi connectivity index (χ1n) is 2.71. The summed E-state index contributed by atoms with van der Waals surface area (Å²) >= 11 is 0. The normalized spacial score (nSPS) is 25.3. The maximum Gasteiger partial charge on any atom is 0.167 e. The second-order valence-electron chi connectivity index (χ2n) is 1.87. The Kier molecular flexibility index (Phi) is 1.96. The van der Waals surface area contributed by atoms with Gasteiger partial charge < -0.3 is 0 Å². The molecule has 1 nitrogen and oxygen atoms in total. The fraction of sp³-hybridized carbons (Fsp3) is 0.143. The predicted molar refractivity (Wildman–Crippen MR) is 38.8 cm³/mol. The van der Waals surface area contributed by atoms with Crippen LogP contribution in [0.2, 0.25) is 0 Å². The third kappa shape index (κ3) is 1.36. The molecular weight excluding hydrogens is 131 g/mol. The monoisotopic (exact) mass is 138 g/mol. The molecule has 0 saturated carbocycles. The van der Waals surface area contributed by atoms with Crippen molar-refractivity contribution in [1.82, 2.24) is 0 Å². The van der Waals surface area contributed by atoms with Crippen LogP contribution in [-0.2, 0) is 4.57 Å². The van der Waals surface area contributed by atoms with E-state index >= 15 is 0 Å². The van der Waals surface area contributed by atoms with Crippen molar-refractivity contribution in [3.05, 3.63) is 36.5 Å². The molecule has 0 radical (unpaired) electrons. The fourth-order valence-corrected chi connectivity index (χ4v) is 1.06. The standard InChI is InChI=1S/C7H7OP/c1-6-4-2-3-5-7(6)9-8/h2-5,7H,1H2/t7-/m1/s1. The van der Waals surface area contributed by atoms with Crippen molar-refractivity contribution < 1.29 is 4.57 Å². The van der Waals surface area contributed by atoms with E-state index in [1.807, 2.05) is 24.3 Å². The lowest BCUT2D eigenvalue weighted by Crippen LogP contribution is -1.97. The maximum atomic E-state index is 10.3.